The lowest BCUT2D eigenvalue weighted by Gasteiger charge is -2.28. The van der Waals surface area contributed by atoms with Crippen LogP contribution >= 0.6 is 22.9 Å². The van der Waals surface area contributed by atoms with E-state index < -0.39 is 34.8 Å². The molecule has 40 heavy (non-hydrogen) atoms. The number of rotatable bonds is 7. The summed E-state index contributed by atoms with van der Waals surface area (Å²) < 4.78 is 71.9. The van der Waals surface area contributed by atoms with Crippen molar-refractivity contribution in [1.82, 2.24) is 4.98 Å². The first-order valence-electron chi connectivity index (χ1n) is 12.6. The topological polar surface area (TPSA) is 82.0 Å². The Morgan fingerprint density at radius 2 is 2.05 bits per heavy atom. The number of carbonyl (C=O) groups excluding carboxylic acids is 1. The van der Waals surface area contributed by atoms with E-state index in [1.165, 1.54) is 12.1 Å². The lowest BCUT2D eigenvalue weighted by molar-refractivity contribution is -0.118. The molecule has 0 saturated carbocycles. The number of halogens is 5. The van der Waals surface area contributed by atoms with Crippen molar-refractivity contribution in [3.63, 3.8) is 0 Å². The molecular formula is C27H26ClF4N3O4S. The molecule has 3 unspecified atom stereocenters. The number of hydrogen-bond acceptors (Lipinski definition) is 7. The van der Waals surface area contributed by atoms with E-state index in [2.05, 4.69) is 15.3 Å². The molecule has 1 aromatic heterocycles. The van der Waals surface area contributed by atoms with Crippen LogP contribution < -0.4 is 10.1 Å². The number of aromatic nitrogens is 1. The van der Waals surface area contributed by atoms with Gasteiger partial charge in [0.2, 0.25) is 5.91 Å². The molecule has 1 N–H and O–H groups in total. The van der Waals surface area contributed by atoms with Crippen LogP contribution in [0.15, 0.2) is 51.9 Å². The zero-order chi connectivity index (χ0) is 28.6. The zero-order valence-electron chi connectivity index (χ0n) is 21.6. The van der Waals surface area contributed by atoms with Crippen LogP contribution in [0.1, 0.15) is 32.1 Å². The molecule has 3 aliphatic rings. The fraction of sp³-hybridized carbons (Fsp3) is 0.444. The van der Waals surface area contributed by atoms with Crippen molar-refractivity contribution < 1.29 is 36.6 Å². The Morgan fingerprint density at radius 3 is 2.77 bits per heavy atom. The molecule has 1 aromatic carbocycles. The molecule has 2 heterocycles. The van der Waals surface area contributed by atoms with Gasteiger partial charge >= 0.3 is 6.18 Å². The Labute approximate surface area is 236 Å². The summed E-state index contributed by atoms with van der Waals surface area (Å²) in [5.41, 5.74) is 1.18. The van der Waals surface area contributed by atoms with Crippen molar-refractivity contribution in [3.8, 4) is 5.75 Å². The molecule has 0 radical (unpaired) electrons. The highest BCUT2D eigenvalue weighted by Crippen LogP contribution is 2.40. The summed E-state index contributed by atoms with van der Waals surface area (Å²) in [6.45, 7) is 0.492. The van der Waals surface area contributed by atoms with Crippen LogP contribution in [0.4, 0.5) is 22.7 Å². The number of ether oxygens (including phenoxy) is 3. The molecule has 0 fully saturated rings. The lowest BCUT2D eigenvalue weighted by atomic mass is 9.85. The van der Waals surface area contributed by atoms with Crippen LogP contribution in [-0.4, -0.2) is 55.0 Å². The maximum absolute atomic E-state index is 15.0. The van der Waals surface area contributed by atoms with Crippen LogP contribution in [0, 0.1) is 11.7 Å². The molecule has 0 bridgehead atoms. The second-order valence-electron chi connectivity index (χ2n) is 9.66. The van der Waals surface area contributed by atoms with Gasteiger partial charge in [0, 0.05) is 67.3 Å². The summed E-state index contributed by atoms with van der Waals surface area (Å²) in [4.78, 5) is 21.5. The first kappa shape index (κ1) is 28.6. The smallest absolute Gasteiger partial charge is 0.412 e. The molecule has 7 nitrogen and oxygen atoms in total. The molecule has 214 valence electrons. The molecule has 5 rings (SSSR count). The Bertz CT molecular complexity index is 1450. The third-order valence-corrected chi connectivity index (χ3v) is 8.54. The van der Waals surface area contributed by atoms with Gasteiger partial charge in [-0.25, -0.2) is 9.37 Å². The van der Waals surface area contributed by atoms with E-state index in [1.54, 1.807) is 20.3 Å². The standard InChI is InChI=1S/C27H26ClF4N3O4S/c1-37-22-9-15-18(11-23(22)38-2)33-6-5-20(15)39-21-12-24-19(10-17(21)29)34-26(40-24)35-25(36)8-13-7-14(27(30,31)32)3-4-16(13)28/h3,9-10,12-13,16,23H,4-8,11H2,1-2H3,(H,34,35,36). The summed E-state index contributed by atoms with van der Waals surface area (Å²) in [5.74, 6) is -0.632. The summed E-state index contributed by atoms with van der Waals surface area (Å²) in [5, 5.41) is 2.24. The van der Waals surface area contributed by atoms with Crippen molar-refractivity contribution in [2.75, 3.05) is 26.1 Å². The highest BCUT2D eigenvalue weighted by Gasteiger charge is 2.39. The van der Waals surface area contributed by atoms with E-state index in [-0.39, 0.29) is 36.2 Å². The number of alkyl halides is 4. The van der Waals surface area contributed by atoms with Gasteiger partial charge in [-0.1, -0.05) is 17.4 Å². The van der Waals surface area contributed by atoms with Crippen LogP contribution in [-0.2, 0) is 14.3 Å². The summed E-state index contributed by atoms with van der Waals surface area (Å²) >= 11 is 7.32. The van der Waals surface area contributed by atoms with Gasteiger partial charge in [-0.2, -0.15) is 13.2 Å². The minimum atomic E-state index is -4.45. The van der Waals surface area contributed by atoms with Gasteiger partial charge in [-0.05, 0) is 24.8 Å². The van der Waals surface area contributed by atoms with Crippen LogP contribution in [0.3, 0.4) is 0 Å². The van der Waals surface area contributed by atoms with Crippen LogP contribution in [0.2, 0.25) is 0 Å². The number of dihydropyridines is 1. The zero-order valence-corrected chi connectivity index (χ0v) is 23.2. The molecule has 1 amide bonds. The highest BCUT2D eigenvalue weighted by molar-refractivity contribution is 7.22. The number of thiazole rings is 1. The van der Waals surface area contributed by atoms with Crippen molar-refractivity contribution >= 4 is 49.9 Å². The quantitative estimate of drug-likeness (QED) is 0.218. The Hall–Kier alpha value is -2.96. The number of anilines is 1. The molecule has 3 atom stereocenters. The number of methoxy groups -OCH3 is 2. The van der Waals surface area contributed by atoms with Gasteiger partial charge in [-0.3, -0.25) is 9.79 Å². The van der Waals surface area contributed by atoms with Crippen LogP contribution in [0.25, 0.3) is 10.2 Å². The molecule has 13 heteroatoms. The third-order valence-electron chi connectivity index (χ3n) is 7.07. The van der Waals surface area contributed by atoms with E-state index in [4.69, 9.17) is 25.8 Å². The average molecular weight is 600 g/mol. The van der Waals surface area contributed by atoms with Crippen molar-refractivity contribution in [1.29, 1.82) is 0 Å². The van der Waals surface area contributed by atoms with E-state index >= 15 is 4.39 Å². The van der Waals surface area contributed by atoms with E-state index in [1.807, 2.05) is 0 Å². The van der Waals surface area contributed by atoms with E-state index in [0.29, 0.717) is 41.1 Å². The van der Waals surface area contributed by atoms with Crippen molar-refractivity contribution in [2.45, 2.75) is 49.8 Å². The second kappa shape index (κ2) is 11.5. The molecule has 0 spiro atoms. The largest absolute Gasteiger partial charge is 0.498 e. The maximum atomic E-state index is 15.0. The number of benzene rings is 1. The van der Waals surface area contributed by atoms with E-state index in [9.17, 15) is 18.0 Å². The molecule has 1 aliphatic heterocycles. The van der Waals surface area contributed by atoms with Crippen molar-refractivity contribution in [2.24, 2.45) is 10.9 Å². The average Bonchev–Trinajstić information content (AvgIpc) is 3.29. The highest BCUT2D eigenvalue weighted by atomic mass is 35.5. The first-order valence-corrected chi connectivity index (χ1v) is 13.8. The van der Waals surface area contributed by atoms with E-state index in [0.717, 1.165) is 28.7 Å². The van der Waals surface area contributed by atoms with Gasteiger partial charge < -0.3 is 19.5 Å². The fourth-order valence-electron chi connectivity index (χ4n) is 4.99. The Kier molecular flexibility index (Phi) is 8.21. The predicted octanol–water partition coefficient (Wildman–Crippen LogP) is 6.70. The number of nitrogens with zero attached hydrogens (tertiary/aromatic N) is 2. The first-order chi connectivity index (χ1) is 19.0. The van der Waals surface area contributed by atoms with Crippen LogP contribution in [0.5, 0.6) is 5.75 Å². The number of allylic oxidation sites excluding steroid dienone is 4. The number of fused-ring (bicyclic) bond motifs is 2. The lowest BCUT2D eigenvalue weighted by Crippen LogP contribution is -2.28. The number of amides is 1. The minimum Gasteiger partial charge on any atom is -0.498 e. The normalized spacial score (nSPS) is 23.3. The monoisotopic (exact) mass is 599 g/mol. The number of aliphatic imine (C=N–C) groups is 1. The molecule has 2 aliphatic carbocycles. The third kappa shape index (κ3) is 6.03. The summed E-state index contributed by atoms with van der Waals surface area (Å²) in [7, 11) is 3.15. The Balaban J connectivity index is 1.32. The SMILES string of the molecule is COC1=CC2=C(Oc3cc4sc(NC(=O)CC5CC(C(F)(F)F)=CCC5Cl)nc4cc3F)CCN=C2CC1OC. The number of hydrogen-bond donors (Lipinski definition) is 1. The minimum absolute atomic E-state index is 0.00216. The fourth-order valence-corrected chi connectivity index (χ4v) is 6.15. The number of nitrogens with one attached hydrogen (secondary N) is 1. The Morgan fingerprint density at radius 1 is 1.25 bits per heavy atom. The van der Waals surface area contributed by atoms with Gasteiger partial charge in [0.15, 0.2) is 16.7 Å². The van der Waals surface area contributed by atoms with Gasteiger partial charge in [0.25, 0.3) is 0 Å². The molecule has 2 aromatic rings. The van der Waals surface area contributed by atoms with Crippen molar-refractivity contribution in [3.05, 3.63) is 52.8 Å². The maximum Gasteiger partial charge on any atom is 0.412 e. The molecular weight excluding hydrogens is 574 g/mol. The number of carbonyl (C=O) groups is 1. The summed E-state index contributed by atoms with van der Waals surface area (Å²) in [6.07, 6.45) is -1.32. The van der Waals surface area contributed by atoms with Gasteiger partial charge in [0.05, 0.1) is 17.3 Å². The summed E-state index contributed by atoms with van der Waals surface area (Å²) in [6, 6.07) is 2.73. The van der Waals surface area contributed by atoms with Gasteiger partial charge in [0.1, 0.15) is 17.6 Å². The van der Waals surface area contributed by atoms with Gasteiger partial charge in [-0.15, -0.1) is 11.6 Å². The second-order valence-corrected chi connectivity index (χ2v) is 11.3. The predicted molar refractivity (Wildman–Crippen MR) is 144 cm³/mol. The molecule has 0 saturated heterocycles.